The topological polar surface area (TPSA) is 9.23 Å². The monoisotopic (exact) mass is 207 g/mol. The third-order valence-corrected chi connectivity index (χ3v) is 1.68. The van der Waals surface area contributed by atoms with Gasteiger partial charge in [0.1, 0.15) is 0 Å². The minimum absolute atomic E-state index is 0.00995. The second-order valence-electron chi connectivity index (χ2n) is 2.88. The van der Waals surface area contributed by atoms with E-state index in [1.807, 2.05) is 0 Å². The van der Waals surface area contributed by atoms with Gasteiger partial charge in [0, 0.05) is 0 Å². The molecule has 0 aliphatic rings. The van der Waals surface area contributed by atoms with Crippen LogP contribution >= 0.6 is 0 Å². The summed E-state index contributed by atoms with van der Waals surface area (Å²) in [4.78, 5) is 0. The molecule has 78 valence electrons. The zero-order chi connectivity index (χ0) is 10.8. The summed E-state index contributed by atoms with van der Waals surface area (Å²) in [7, 11) is 1.21. The summed E-state index contributed by atoms with van der Waals surface area (Å²) in [5, 5.41) is 0. The van der Waals surface area contributed by atoms with E-state index in [1.54, 1.807) is 0 Å². The van der Waals surface area contributed by atoms with E-state index in [0.29, 0.717) is 0 Å². The second kappa shape index (κ2) is 3.90. The van der Waals surface area contributed by atoms with Gasteiger partial charge in [-0.25, -0.2) is 4.39 Å². The zero-order valence-electron chi connectivity index (χ0n) is 7.44. The fraction of sp³-hybridized carbons (Fsp3) is 0.250. The van der Waals surface area contributed by atoms with Crippen LogP contribution in [0.4, 0.5) is 17.3 Å². The van der Waals surface area contributed by atoms with E-state index in [4.69, 9.17) is 0 Å². The fourth-order valence-corrected chi connectivity index (χ4v) is 1.10. The lowest BCUT2D eigenvalue weighted by molar-refractivity contribution is 0.385. The maximum Gasteiger partial charge on any atom is 0.482 e. The van der Waals surface area contributed by atoms with Gasteiger partial charge in [0.2, 0.25) is 0 Å². The van der Waals surface area contributed by atoms with Crippen molar-refractivity contribution in [3.63, 3.8) is 0 Å². The van der Waals surface area contributed by atoms with Crippen molar-refractivity contribution in [2.45, 2.75) is 6.32 Å². The molecule has 0 bridgehead atoms. The Morgan fingerprint density at radius 1 is 1.29 bits per heavy atom. The van der Waals surface area contributed by atoms with E-state index >= 15 is 0 Å². The highest BCUT2D eigenvalue weighted by Crippen LogP contribution is 2.22. The standard InChI is InChI=1S/C8H8BF4O/c1-14-8-4-6(2-3-7(8)10)5-9(11,12)13/h2-4H,5H2,1H3/q-1. The summed E-state index contributed by atoms with van der Waals surface area (Å²) in [5.74, 6) is -0.825. The quantitative estimate of drug-likeness (QED) is 0.546. The number of rotatable bonds is 3. The third-order valence-electron chi connectivity index (χ3n) is 1.68. The van der Waals surface area contributed by atoms with Crippen LogP contribution in [0.5, 0.6) is 5.75 Å². The van der Waals surface area contributed by atoms with Crippen LogP contribution in [-0.4, -0.2) is 14.1 Å². The lowest BCUT2D eigenvalue weighted by Crippen LogP contribution is -2.19. The molecule has 6 heteroatoms. The molecule has 0 aliphatic heterocycles. The van der Waals surface area contributed by atoms with Crippen molar-refractivity contribution in [1.29, 1.82) is 0 Å². The summed E-state index contributed by atoms with van der Waals surface area (Å²) in [6.07, 6.45) is -1.02. The first kappa shape index (κ1) is 10.9. The SMILES string of the molecule is COc1cc(C[B-](F)(F)F)ccc1F. The molecule has 0 N–H and O–H groups in total. The zero-order valence-corrected chi connectivity index (χ0v) is 7.44. The van der Waals surface area contributed by atoms with Gasteiger partial charge in [0.15, 0.2) is 11.6 Å². The second-order valence-corrected chi connectivity index (χ2v) is 2.88. The molecule has 14 heavy (non-hydrogen) atoms. The highest BCUT2D eigenvalue weighted by atomic mass is 19.4. The van der Waals surface area contributed by atoms with Crippen LogP contribution in [0.2, 0.25) is 0 Å². The van der Waals surface area contributed by atoms with E-state index < -0.39 is 19.1 Å². The molecule has 0 unspecified atom stereocenters. The van der Waals surface area contributed by atoms with E-state index in [9.17, 15) is 17.3 Å². The number of hydrogen-bond donors (Lipinski definition) is 0. The highest BCUT2D eigenvalue weighted by molar-refractivity contribution is 6.57. The highest BCUT2D eigenvalue weighted by Gasteiger charge is 2.23. The van der Waals surface area contributed by atoms with Crippen LogP contribution in [0.15, 0.2) is 18.2 Å². The average molecular weight is 207 g/mol. The Labute approximate surface area is 78.7 Å². The van der Waals surface area contributed by atoms with Crippen LogP contribution in [0.1, 0.15) is 5.56 Å². The molecule has 1 aromatic rings. The molecular weight excluding hydrogens is 199 g/mol. The van der Waals surface area contributed by atoms with Crippen LogP contribution in [0, 0.1) is 5.82 Å². The van der Waals surface area contributed by atoms with Gasteiger partial charge < -0.3 is 17.7 Å². The van der Waals surface area contributed by atoms with E-state index in [2.05, 4.69) is 4.74 Å². The first-order valence-electron chi connectivity index (χ1n) is 3.96. The first-order valence-corrected chi connectivity index (χ1v) is 3.96. The van der Waals surface area contributed by atoms with Gasteiger partial charge in [-0.3, -0.25) is 0 Å². The van der Waals surface area contributed by atoms with E-state index in [1.165, 1.54) is 7.11 Å². The Bertz CT molecular complexity index is 324. The van der Waals surface area contributed by atoms with E-state index in [0.717, 1.165) is 18.2 Å². The molecule has 0 aromatic heterocycles. The smallest absolute Gasteiger partial charge is 0.482 e. The summed E-state index contributed by atoms with van der Waals surface area (Å²) >= 11 is 0. The third kappa shape index (κ3) is 2.94. The average Bonchev–Trinajstić information content (AvgIpc) is 2.06. The molecule has 0 heterocycles. The first-order chi connectivity index (χ1) is 6.42. The Kier molecular flexibility index (Phi) is 3.03. The largest absolute Gasteiger partial charge is 0.494 e. The minimum Gasteiger partial charge on any atom is -0.494 e. The molecular formula is C8H8BF4O-. The van der Waals surface area contributed by atoms with Crippen molar-refractivity contribution in [3.05, 3.63) is 29.6 Å². The molecule has 0 aliphatic carbocycles. The minimum atomic E-state index is -4.89. The van der Waals surface area contributed by atoms with Gasteiger partial charge in [-0.05, 0) is 12.1 Å². The van der Waals surface area contributed by atoms with Gasteiger partial charge in [-0.2, -0.15) is 0 Å². The van der Waals surface area contributed by atoms with Gasteiger partial charge in [0.05, 0.1) is 7.11 Å². The molecule has 0 spiro atoms. The van der Waals surface area contributed by atoms with Crippen molar-refractivity contribution in [2.24, 2.45) is 0 Å². The number of methoxy groups -OCH3 is 1. The van der Waals surface area contributed by atoms with Gasteiger partial charge in [-0.1, -0.05) is 17.9 Å². The molecule has 0 saturated heterocycles. The predicted octanol–water partition coefficient (Wildman–Crippen LogP) is 2.76. The Morgan fingerprint density at radius 3 is 2.43 bits per heavy atom. The number of halogens is 4. The Hall–Kier alpha value is -1.20. The van der Waals surface area contributed by atoms with Crippen LogP contribution in [0.3, 0.4) is 0 Å². The van der Waals surface area contributed by atoms with Crippen molar-refractivity contribution < 1.29 is 22.1 Å². The molecule has 0 saturated carbocycles. The molecule has 1 aromatic carbocycles. The van der Waals surface area contributed by atoms with Crippen molar-refractivity contribution in [3.8, 4) is 5.75 Å². The lowest BCUT2D eigenvalue weighted by Gasteiger charge is -2.14. The molecule has 0 fully saturated rings. The molecule has 0 radical (unpaired) electrons. The Balaban J connectivity index is 2.90. The van der Waals surface area contributed by atoms with Crippen molar-refractivity contribution in [1.82, 2.24) is 0 Å². The van der Waals surface area contributed by atoms with Crippen LogP contribution in [0.25, 0.3) is 0 Å². The lowest BCUT2D eigenvalue weighted by atomic mass is 9.82. The summed E-state index contributed by atoms with van der Waals surface area (Å²) in [5.41, 5.74) is 0.00995. The summed E-state index contributed by atoms with van der Waals surface area (Å²) in [6, 6.07) is 3.13. The number of ether oxygens (including phenoxy) is 1. The van der Waals surface area contributed by atoms with Gasteiger partial charge in [0.25, 0.3) is 0 Å². The molecule has 1 rings (SSSR count). The number of hydrogen-bond acceptors (Lipinski definition) is 1. The maximum atomic E-state index is 12.8. The van der Waals surface area contributed by atoms with E-state index in [-0.39, 0.29) is 11.3 Å². The molecule has 0 atom stereocenters. The van der Waals surface area contributed by atoms with Crippen molar-refractivity contribution in [2.75, 3.05) is 7.11 Å². The van der Waals surface area contributed by atoms with Crippen molar-refractivity contribution >= 4 is 6.98 Å². The normalized spacial score (nSPS) is 11.5. The predicted molar refractivity (Wildman–Crippen MR) is 45.7 cm³/mol. The van der Waals surface area contributed by atoms with Crippen LogP contribution in [-0.2, 0) is 6.32 Å². The maximum absolute atomic E-state index is 12.8. The van der Waals surface area contributed by atoms with Gasteiger partial charge >= 0.3 is 6.98 Å². The van der Waals surface area contributed by atoms with Crippen LogP contribution < -0.4 is 4.74 Å². The fourth-order valence-electron chi connectivity index (χ4n) is 1.10. The summed E-state index contributed by atoms with van der Waals surface area (Å²) in [6.45, 7) is -4.89. The summed E-state index contributed by atoms with van der Waals surface area (Å²) < 4.78 is 53.4. The molecule has 1 nitrogen and oxygen atoms in total. The number of benzene rings is 1. The molecule has 0 amide bonds. The van der Waals surface area contributed by atoms with Gasteiger partial charge in [-0.15, -0.1) is 0 Å². The Morgan fingerprint density at radius 2 is 1.93 bits per heavy atom.